The molecule has 0 spiro atoms. The van der Waals surface area contributed by atoms with Crippen molar-refractivity contribution in [3.8, 4) is 0 Å². The van der Waals surface area contributed by atoms with Gasteiger partial charge in [-0.3, -0.25) is 25.5 Å². The number of sulfonamides is 1. The van der Waals surface area contributed by atoms with E-state index in [1.54, 1.807) is 50.4 Å². The Labute approximate surface area is 226 Å². The number of amides is 1. The average Bonchev–Trinajstić information content (AvgIpc) is 3.36. The van der Waals surface area contributed by atoms with Gasteiger partial charge in [0.2, 0.25) is 15.7 Å². The summed E-state index contributed by atoms with van der Waals surface area (Å²) in [5.41, 5.74) is -0.497. The van der Waals surface area contributed by atoms with Gasteiger partial charge in [-0.1, -0.05) is 18.2 Å². The van der Waals surface area contributed by atoms with Crippen molar-refractivity contribution in [3.05, 3.63) is 59.3 Å². The van der Waals surface area contributed by atoms with Gasteiger partial charge in [0.15, 0.2) is 6.29 Å². The minimum atomic E-state index is -4.34. The fourth-order valence-corrected chi connectivity index (χ4v) is 6.38. The second kappa shape index (κ2) is 12.0. The first-order valence-corrected chi connectivity index (χ1v) is 14.2. The Bertz CT molecular complexity index is 1470. The van der Waals surface area contributed by atoms with Crippen LogP contribution in [0.3, 0.4) is 0 Å². The number of fused-ring (bicyclic) bond motifs is 1. The predicted octanol–water partition coefficient (Wildman–Crippen LogP) is 1.78. The Morgan fingerprint density at radius 3 is 2.62 bits per heavy atom. The number of carboxylic acid groups (broad SMARTS) is 1. The number of aromatic amines is 1. The molecule has 1 aliphatic heterocycles. The summed E-state index contributed by atoms with van der Waals surface area (Å²) < 4.78 is 29.5. The fraction of sp³-hybridized carbons (Fsp3) is 0.385. The van der Waals surface area contributed by atoms with Crippen LogP contribution >= 0.6 is 0 Å². The molecule has 0 bridgehead atoms. The van der Waals surface area contributed by atoms with Crippen LogP contribution in [0.5, 0.6) is 0 Å². The number of aryl methyl sites for hydroxylation is 2. The number of rotatable bonds is 12. The number of aromatic nitrogens is 2. The topological polar surface area (TPSA) is 178 Å². The lowest BCUT2D eigenvalue weighted by molar-refractivity contribution is -0.145. The van der Waals surface area contributed by atoms with E-state index in [2.05, 4.69) is 35.9 Å². The van der Waals surface area contributed by atoms with Gasteiger partial charge in [-0.15, -0.1) is 0 Å². The van der Waals surface area contributed by atoms with Gasteiger partial charge < -0.3 is 10.4 Å². The molecular formula is C26H33N7O5S. The van der Waals surface area contributed by atoms with Crippen LogP contribution in [-0.4, -0.2) is 66.9 Å². The molecular weight excluding hydrogens is 522 g/mol. The van der Waals surface area contributed by atoms with Crippen LogP contribution in [0.1, 0.15) is 47.2 Å². The maximum atomic E-state index is 13.6. The molecule has 1 aliphatic rings. The third-order valence-electron chi connectivity index (χ3n) is 6.56. The molecule has 6 N–H and O–H groups in total. The molecule has 39 heavy (non-hydrogen) atoms. The summed E-state index contributed by atoms with van der Waals surface area (Å²) in [6.45, 7) is 4.59. The van der Waals surface area contributed by atoms with Crippen molar-refractivity contribution in [2.45, 2.75) is 56.4 Å². The van der Waals surface area contributed by atoms with Crippen molar-refractivity contribution >= 4 is 39.0 Å². The molecule has 2 heterocycles. The molecule has 1 amide bonds. The number of H-pyrrole nitrogens is 1. The number of carbonyl (C=O) groups excluding carboxylic acids is 1. The lowest BCUT2D eigenvalue weighted by Crippen LogP contribution is -2.65. The molecule has 2 atom stereocenters. The molecule has 1 aromatic heterocycles. The van der Waals surface area contributed by atoms with Gasteiger partial charge >= 0.3 is 5.97 Å². The van der Waals surface area contributed by atoms with Gasteiger partial charge in [-0.2, -0.15) is 9.82 Å². The van der Waals surface area contributed by atoms with Gasteiger partial charge in [0.25, 0.3) is 5.91 Å². The zero-order chi connectivity index (χ0) is 28.0. The zero-order valence-corrected chi connectivity index (χ0v) is 22.6. The lowest BCUT2D eigenvalue weighted by Gasteiger charge is -2.32. The quantitative estimate of drug-likeness (QED) is 0.145. The third-order valence-corrected chi connectivity index (χ3v) is 8.36. The molecule has 0 radical (unpaired) electrons. The third kappa shape index (κ3) is 6.68. The van der Waals surface area contributed by atoms with Crippen molar-refractivity contribution in [2.75, 3.05) is 13.1 Å². The van der Waals surface area contributed by atoms with Crippen molar-refractivity contribution in [3.63, 3.8) is 0 Å². The number of unbranched alkanes of at least 4 members (excludes halogenated alkanes) is 1. The minimum absolute atomic E-state index is 0.0207. The maximum Gasteiger partial charge on any atom is 0.345 e. The summed E-state index contributed by atoms with van der Waals surface area (Å²) in [4.78, 5) is 30.3. The predicted molar refractivity (Wildman–Crippen MR) is 147 cm³/mol. The Kier molecular flexibility index (Phi) is 8.75. The molecule has 0 saturated heterocycles. The highest BCUT2D eigenvalue weighted by atomic mass is 32.2. The van der Waals surface area contributed by atoms with E-state index in [-0.39, 0.29) is 23.2 Å². The molecule has 2 unspecified atom stereocenters. The van der Waals surface area contributed by atoms with Crippen LogP contribution in [0, 0.1) is 13.8 Å². The highest BCUT2D eigenvalue weighted by molar-refractivity contribution is 7.89. The van der Waals surface area contributed by atoms with Gasteiger partial charge in [0.1, 0.15) is 0 Å². The van der Waals surface area contributed by atoms with Gasteiger partial charge in [-0.05, 0) is 75.4 Å². The van der Waals surface area contributed by atoms with E-state index in [0.717, 1.165) is 13.0 Å². The van der Waals surface area contributed by atoms with Crippen molar-refractivity contribution < 1.29 is 23.1 Å². The van der Waals surface area contributed by atoms with Gasteiger partial charge in [0, 0.05) is 23.7 Å². The normalized spacial score (nSPS) is 17.1. The number of aliphatic carboxylic acids is 1. The lowest BCUT2D eigenvalue weighted by atomic mass is 10.0. The van der Waals surface area contributed by atoms with E-state index < -0.39 is 27.6 Å². The summed E-state index contributed by atoms with van der Waals surface area (Å²) in [5, 5.41) is 26.7. The second-order valence-corrected chi connectivity index (χ2v) is 11.2. The second-order valence-electron chi connectivity index (χ2n) is 9.55. The molecule has 13 heteroatoms. The van der Waals surface area contributed by atoms with Crippen LogP contribution in [0.25, 0.3) is 10.9 Å². The first-order valence-electron chi connectivity index (χ1n) is 12.7. The smallest absolute Gasteiger partial charge is 0.345 e. The van der Waals surface area contributed by atoms with E-state index in [4.69, 9.17) is 0 Å². The number of carboxylic acids is 1. The number of carbonyl (C=O) groups is 2. The van der Waals surface area contributed by atoms with Crippen LogP contribution in [-0.2, 0) is 14.8 Å². The monoisotopic (exact) mass is 555 g/mol. The van der Waals surface area contributed by atoms with Crippen molar-refractivity contribution in [1.29, 1.82) is 0 Å². The molecule has 208 valence electrons. The number of nitrogens with zero attached hydrogens (tertiary/aromatic N) is 2. The Hall–Kier alpha value is -3.65. The number of hydrogen-bond acceptors (Lipinski definition) is 8. The molecule has 0 aliphatic carbocycles. The van der Waals surface area contributed by atoms with Crippen molar-refractivity contribution in [2.24, 2.45) is 4.99 Å². The van der Waals surface area contributed by atoms with E-state index in [1.807, 2.05) is 6.21 Å². The summed E-state index contributed by atoms with van der Waals surface area (Å²) in [6.07, 6.45) is 4.64. The average molecular weight is 556 g/mol. The molecule has 3 aromatic rings. The summed E-state index contributed by atoms with van der Waals surface area (Å²) in [5.74, 6) is -2.25. The number of hydrogen-bond donors (Lipinski definition) is 6. The summed E-state index contributed by atoms with van der Waals surface area (Å²) in [7, 11) is -4.34. The first kappa shape index (κ1) is 28.4. The van der Waals surface area contributed by atoms with Crippen molar-refractivity contribution in [1.82, 2.24) is 30.9 Å². The van der Waals surface area contributed by atoms with E-state index in [0.29, 0.717) is 41.4 Å². The fourth-order valence-electron chi connectivity index (χ4n) is 4.59. The minimum Gasteiger partial charge on any atom is -0.478 e. The maximum absolute atomic E-state index is 13.6. The molecule has 0 fully saturated rings. The molecule has 12 nitrogen and oxygen atoms in total. The molecule has 0 saturated carbocycles. The van der Waals surface area contributed by atoms with Gasteiger partial charge in [0.05, 0.1) is 16.6 Å². The summed E-state index contributed by atoms with van der Waals surface area (Å²) >= 11 is 0. The van der Waals surface area contributed by atoms with Crippen LogP contribution < -0.4 is 20.7 Å². The molecule has 4 rings (SSSR count). The van der Waals surface area contributed by atoms with Gasteiger partial charge in [-0.25, -0.2) is 13.2 Å². The van der Waals surface area contributed by atoms with Crippen LogP contribution in [0.15, 0.2) is 52.5 Å². The number of benzene rings is 2. The zero-order valence-electron chi connectivity index (χ0n) is 21.8. The number of aliphatic imine (C=N–C) groups is 1. The Balaban J connectivity index is 1.59. The summed E-state index contributed by atoms with van der Waals surface area (Å²) in [6, 6.07) is 9.72. The van der Waals surface area contributed by atoms with E-state index in [9.17, 15) is 23.1 Å². The van der Waals surface area contributed by atoms with E-state index in [1.165, 1.54) is 6.07 Å². The van der Waals surface area contributed by atoms with Crippen LogP contribution in [0.4, 0.5) is 0 Å². The standard InChI is InChI=1S/C26H33N7O5S/c1-17-7-5-8-18(2)22(17)39(37,38)33-26(24(35)36,11-3-4-12-27-25-28-13-6-14-29-25)31-23(34)19-9-10-21-20(15-19)16-30-32-21/h5,7-10,13,15-16,25,27,29,33H,3-4,6,11-12,14H2,1-2H3,(H,30,32)(H,31,34)(H,35,36). The Morgan fingerprint density at radius 1 is 1.15 bits per heavy atom. The largest absolute Gasteiger partial charge is 0.478 e. The Morgan fingerprint density at radius 2 is 1.92 bits per heavy atom. The van der Waals surface area contributed by atoms with E-state index >= 15 is 0 Å². The van der Waals surface area contributed by atoms with Crippen LogP contribution in [0.2, 0.25) is 0 Å². The molecule has 2 aromatic carbocycles. The first-order chi connectivity index (χ1) is 18.6. The SMILES string of the molecule is Cc1cccc(C)c1S(=O)(=O)NC(CCCCNC1N=CCCN1)(NC(=O)c1ccc2[nH]ncc2c1)C(=O)O. The number of nitrogens with one attached hydrogen (secondary N) is 5. The highest BCUT2D eigenvalue weighted by Gasteiger charge is 2.44. The highest BCUT2D eigenvalue weighted by Crippen LogP contribution is 2.24.